The van der Waals surface area contributed by atoms with Crippen LogP contribution in [0, 0.1) is 0 Å². The smallest absolute Gasteiger partial charge is 0.822 e. The van der Waals surface area contributed by atoms with Gasteiger partial charge in [0.2, 0.25) is 0 Å². The maximum Gasteiger partial charge on any atom is 2.00 e. The predicted octanol–water partition coefficient (Wildman–Crippen LogP) is -3.65. The summed E-state index contributed by atoms with van der Waals surface area (Å²) in [4.78, 5) is 25.6. The molecule has 0 saturated heterocycles. The first-order valence-corrected chi connectivity index (χ1v) is 2.19. The predicted molar refractivity (Wildman–Crippen MR) is 11.2 cm³/mol. The van der Waals surface area contributed by atoms with E-state index in [1.54, 1.807) is 0 Å². The number of phosphoric acid groups is 1. The molecule has 5 nitrogen and oxygen atoms in total. The summed E-state index contributed by atoms with van der Waals surface area (Å²) in [5.74, 6) is 0. The van der Waals surface area contributed by atoms with Gasteiger partial charge in [0.1, 0.15) is 0 Å². The molecule has 0 aromatic rings. The molecule has 0 aliphatic rings. The van der Waals surface area contributed by atoms with Crippen LogP contribution in [0.25, 0.3) is 0 Å². The summed E-state index contributed by atoms with van der Waals surface area (Å²) in [7, 11) is -5.39. The molecule has 0 aliphatic carbocycles. The number of hydrogen-bond acceptors (Lipinski definition) is 4. The van der Waals surface area contributed by atoms with Crippen LogP contribution in [0.15, 0.2) is 0 Å². The topological polar surface area (TPSA) is 118 Å². The van der Waals surface area contributed by atoms with Gasteiger partial charge in [0.05, 0.1) is 0 Å². The molecule has 0 unspecified atom stereocenters. The van der Waals surface area contributed by atoms with Crippen LogP contribution in [0.5, 0.6) is 0 Å². The molecule has 0 bridgehead atoms. The molecule has 8 heteroatoms. The molecule has 0 aliphatic heterocycles. The average Bonchev–Trinajstić information content (AvgIpc) is 0.722. The Morgan fingerprint density at radius 1 is 1.12 bits per heavy atom. The van der Waals surface area contributed by atoms with E-state index in [0.29, 0.717) is 0 Å². The van der Waals surface area contributed by atoms with Crippen molar-refractivity contribution in [2.75, 3.05) is 0 Å². The summed E-state index contributed by atoms with van der Waals surface area (Å²) in [5, 5.41) is 0. The zero-order chi connectivity index (χ0) is 4.50. The van der Waals surface area contributed by atoms with E-state index in [1.807, 2.05) is 0 Å². The monoisotopic (exact) mass is 224 g/mol. The van der Waals surface area contributed by atoms with Gasteiger partial charge in [0.25, 0.3) is 0 Å². The Morgan fingerprint density at radius 2 is 1.12 bits per heavy atom. The third-order valence-corrected chi connectivity index (χ3v) is 0. The van der Waals surface area contributed by atoms with Crippen molar-refractivity contribution < 1.29 is 58.9 Å². The second-order valence-corrected chi connectivity index (χ2v) is 1.34. The van der Waals surface area contributed by atoms with Crippen LogP contribution >= 0.6 is 7.82 Å². The van der Waals surface area contributed by atoms with Crippen LogP contribution in [0.1, 0.15) is 0 Å². The molecular weight excluding hydrogens is 222 g/mol. The van der Waals surface area contributed by atoms with E-state index in [0.717, 1.165) is 0 Å². The summed E-state index contributed by atoms with van der Waals surface area (Å²) < 4.78 is 8.55. The van der Waals surface area contributed by atoms with Crippen LogP contribution in [0.3, 0.4) is 0 Å². The molecular formula is H2FeMnO5P+. The molecule has 0 aromatic carbocycles. The minimum atomic E-state index is -5.39. The average molecular weight is 224 g/mol. The molecule has 0 rings (SSSR count). The van der Waals surface area contributed by atoms with Crippen molar-refractivity contribution in [3.8, 4) is 0 Å². The Kier molecular flexibility index (Phi) is 23.3. The van der Waals surface area contributed by atoms with Crippen LogP contribution in [-0.2, 0) is 38.7 Å². The van der Waals surface area contributed by atoms with Crippen LogP contribution in [0.4, 0.5) is 0 Å². The van der Waals surface area contributed by atoms with Crippen molar-refractivity contribution in [1.82, 2.24) is 0 Å². The second-order valence-electron chi connectivity index (χ2n) is 0.447. The van der Waals surface area contributed by atoms with Crippen molar-refractivity contribution in [3.63, 3.8) is 0 Å². The Morgan fingerprint density at radius 3 is 1.12 bits per heavy atom. The molecule has 8 heavy (non-hydrogen) atoms. The van der Waals surface area contributed by atoms with Crippen LogP contribution < -0.4 is 14.7 Å². The maximum atomic E-state index is 8.55. The second kappa shape index (κ2) is 8.11. The third-order valence-electron chi connectivity index (χ3n) is 0. The molecule has 0 amide bonds. The summed E-state index contributed by atoms with van der Waals surface area (Å²) in [6, 6.07) is 0. The molecule has 1 radical (unpaired) electrons. The van der Waals surface area contributed by atoms with E-state index in [9.17, 15) is 0 Å². The van der Waals surface area contributed by atoms with E-state index in [1.165, 1.54) is 0 Å². The van der Waals surface area contributed by atoms with Gasteiger partial charge in [0, 0.05) is 0 Å². The minimum absolute atomic E-state index is 0. The first-order chi connectivity index (χ1) is 2.00. The van der Waals surface area contributed by atoms with Crippen LogP contribution in [0.2, 0.25) is 0 Å². The van der Waals surface area contributed by atoms with Gasteiger partial charge in [-0.05, 0) is 0 Å². The molecule has 0 fully saturated rings. The number of rotatable bonds is 0. The van der Waals surface area contributed by atoms with E-state index in [2.05, 4.69) is 0 Å². The zero-order valence-corrected chi connectivity index (χ0v) is 6.49. The zero-order valence-electron chi connectivity index (χ0n) is 3.31. The normalized spacial score (nSPS) is 7.38. The van der Waals surface area contributed by atoms with Gasteiger partial charge in [-0.1, -0.05) is 0 Å². The molecule has 2 N–H and O–H groups in total. The van der Waals surface area contributed by atoms with E-state index in [4.69, 9.17) is 19.2 Å². The SMILES string of the molecule is O.O=P([O-])([O-])[O-].[Fe+2].[Mn+2]. The van der Waals surface area contributed by atoms with Gasteiger partial charge < -0.3 is 24.7 Å². The van der Waals surface area contributed by atoms with Crippen molar-refractivity contribution in [1.29, 1.82) is 0 Å². The Labute approximate surface area is 67.0 Å². The number of hydrogen-bond donors (Lipinski definition) is 0. The summed E-state index contributed by atoms with van der Waals surface area (Å²) in [6.45, 7) is 0. The van der Waals surface area contributed by atoms with E-state index < -0.39 is 7.82 Å². The van der Waals surface area contributed by atoms with Crippen molar-refractivity contribution in [2.24, 2.45) is 0 Å². The largest absolute Gasteiger partial charge is 2.00 e. The van der Waals surface area contributed by atoms with Gasteiger partial charge in [-0.25, -0.2) is 0 Å². The molecule has 0 saturated carbocycles. The Balaban J connectivity index is -0.0000000267. The quantitative estimate of drug-likeness (QED) is 0.311. The van der Waals surface area contributed by atoms with Crippen molar-refractivity contribution in [2.45, 2.75) is 0 Å². The molecule has 0 atom stereocenters. The summed E-state index contributed by atoms with van der Waals surface area (Å²) in [6.07, 6.45) is 0. The first-order valence-electron chi connectivity index (χ1n) is 0.730. The molecule has 0 spiro atoms. The minimum Gasteiger partial charge on any atom is -0.822 e. The van der Waals surface area contributed by atoms with E-state index >= 15 is 0 Å². The van der Waals surface area contributed by atoms with Gasteiger partial charge in [-0.2, -0.15) is 7.82 Å². The van der Waals surface area contributed by atoms with Crippen molar-refractivity contribution >= 4 is 7.82 Å². The fraction of sp³-hybridized carbons (Fsp3) is 0. The van der Waals surface area contributed by atoms with Gasteiger partial charge in [-0.15, -0.1) is 0 Å². The standard InChI is InChI=1S/Fe.Mn.H3O4P.H2O/c;;1-5(2,3)4;/h;;(H3,1,2,3,4);1H2/q2*+2;;/p-3. The molecule has 51 valence electrons. The fourth-order valence-electron chi connectivity index (χ4n) is 0. The Hall–Kier alpha value is 1.11. The Bertz CT molecular complexity index is 58.6. The van der Waals surface area contributed by atoms with Gasteiger partial charge >= 0.3 is 34.1 Å². The van der Waals surface area contributed by atoms with Gasteiger partial charge in [-0.3, -0.25) is 0 Å². The summed E-state index contributed by atoms with van der Waals surface area (Å²) >= 11 is 0. The fourth-order valence-corrected chi connectivity index (χ4v) is 0. The third kappa shape index (κ3) is 216. The van der Waals surface area contributed by atoms with Gasteiger partial charge in [0.15, 0.2) is 0 Å². The first kappa shape index (κ1) is 22.9. The van der Waals surface area contributed by atoms with Crippen LogP contribution in [-0.4, -0.2) is 5.48 Å². The van der Waals surface area contributed by atoms with E-state index in [-0.39, 0.29) is 39.6 Å². The summed E-state index contributed by atoms with van der Waals surface area (Å²) in [5.41, 5.74) is 0. The maximum absolute atomic E-state index is 8.55. The molecule has 0 aromatic heterocycles. The van der Waals surface area contributed by atoms with Crippen molar-refractivity contribution in [3.05, 3.63) is 0 Å². The molecule has 0 heterocycles.